The second-order valence-corrected chi connectivity index (χ2v) is 13.4. The smallest absolute Gasteiger partial charge is 0.135 e. The van der Waals surface area contributed by atoms with E-state index in [1.165, 1.54) is 65.9 Å². The van der Waals surface area contributed by atoms with Crippen molar-refractivity contribution >= 4 is 65.6 Å². The van der Waals surface area contributed by atoms with E-state index in [2.05, 4.69) is 179 Å². The van der Waals surface area contributed by atoms with Crippen LogP contribution in [-0.2, 0) is 0 Å². The van der Waals surface area contributed by atoms with Crippen molar-refractivity contribution in [3.8, 4) is 33.6 Å². The molecule has 0 unspecified atom stereocenters. The van der Waals surface area contributed by atoms with Crippen LogP contribution in [0.5, 0.6) is 0 Å². The molecular weight excluding hydrogens is 621 g/mol. The molecule has 0 bridgehead atoms. The van der Waals surface area contributed by atoms with Gasteiger partial charge in [0.1, 0.15) is 11.2 Å². The van der Waals surface area contributed by atoms with Gasteiger partial charge in [0.05, 0.1) is 22.1 Å². The van der Waals surface area contributed by atoms with E-state index in [4.69, 9.17) is 4.42 Å². The van der Waals surface area contributed by atoms with Gasteiger partial charge < -0.3 is 13.6 Å². The Morgan fingerprint density at radius 1 is 0.275 bits per heavy atom. The van der Waals surface area contributed by atoms with Gasteiger partial charge in [-0.15, -0.1) is 0 Å². The van der Waals surface area contributed by atoms with Crippen molar-refractivity contribution in [3.63, 3.8) is 0 Å². The van der Waals surface area contributed by atoms with Crippen LogP contribution in [0.2, 0.25) is 0 Å². The quantitative estimate of drug-likeness (QED) is 0.186. The highest BCUT2D eigenvalue weighted by Gasteiger charge is 2.19. The topological polar surface area (TPSA) is 23.0 Å². The van der Waals surface area contributed by atoms with Gasteiger partial charge in [0.25, 0.3) is 0 Å². The van der Waals surface area contributed by atoms with Crippen molar-refractivity contribution in [1.82, 2.24) is 9.13 Å². The van der Waals surface area contributed by atoms with Gasteiger partial charge in [0.2, 0.25) is 0 Å². The molecule has 0 saturated carbocycles. The molecule has 3 heterocycles. The largest absolute Gasteiger partial charge is 0.456 e. The number of rotatable bonds is 4. The summed E-state index contributed by atoms with van der Waals surface area (Å²) in [6.45, 7) is 0. The zero-order valence-electron chi connectivity index (χ0n) is 27.6. The monoisotopic (exact) mass is 650 g/mol. The molecule has 3 aromatic heterocycles. The molecule has 0 saturated heterocycles. The van der Waals surface area contributed by atoms with Crippen molar-refractivity contribution in [2.24, 2.45) is 0 Å². The summed E-state index contributed by atoms with van der Waals surface area (Å²) < 4.78 is 10.9. The first-order valence-corrected chi connectivity index (χ1v) is 17.4. The average Bonchev–Trinajstić information content (AvgIpc) is 3.84. The van der Waals surface area contributed by atoms with E-state index < -0.39 is 0 Å². The first-order chi connectivity index (χ1) is 25.3. The van der Waals surface area contributed by atoms with E-state index in [0.29, 0.717) is 0 Å². The van der Waals surface area contributed by atoms with Crippen LogP contribution in [-0.4, -0.2) is 9.13 Å². The maximum atomic E-state index is 6.10. The molecule has 11 rings (SSSR count). The minimum atomic E-state index is 0.914. The second-order valence-electron chi connectivity index (χ2n) is 13.4. The molecule has 0 radical (unpaired) electrons. The van der Waals surface area contributed by atoms with E-state index in [0.717, 1.165) is 33.3 Å². The Bertz CT molecular complexity index is 3120. The molecule has 0 fully saturated rings. The number of para-hydroxylation sites is 3. The number of nitrogens with zero attached hydrogens (tertiary/aromatic N) is 2. The van der Waals surface area contributed by atoms with Crippen LogP contribution in [0.15, 0.2) is 186 Å². The van der Waals surface area contributed by atoms with Gasteiger partial charge in [0, 0.05) is 43.7 Å². The van der Waals surface area contributed by atoms with Crippen LogP contribution < -0.4 is 0 Å². The third-order valence-electron chi connectivity index (χ3n) is 10.5. The van der Waals surface area contributed by atoms with Crippen LogP contribution in [0.4, 0.5) is 0 Å². The highest BCUT2D eigenvalue weighted by atomic mass is 16.3. The van der Waals surface area contributed by atoms with Crippen LogP contribution in [0.25, 0.3) is 99.2 Å². The number of hydrogen-bond acceptors (Lipinski definition) is 1. The molecule has 11 aromatic rings. The standard InChI is InChI=1S/C48H30N2O/c1-2-11-31(12-3-1)33-13-10-14-36(27-33)50-44-19-8-5-16-38(44)41-29-40-37-15-4-7-18-43(37)49(45(40)30-46(41)50)35-24-21-32(22-25-35)34-23-26-48-42(28-34)39-17-6-9-20-47(39)51-48/h1-30H. The Kier molecular flexibility index (Phi) is 5.96. The lowest BCUT2D eigenvalue weighted by Gasteiger charge is -2.12. The van der Waals surface area contributed by atoms with Crippen molar-refractivity contribution in [1.29, 1.82) is 0 Å². The molecule has 0 aliphatic carbocycles. The molecule has 0 spiro atoms. The van der Waals surface area contributed by atoms with E-state index >= 15 is 0 Å². The Balaban J connectivity index is 1.11. The van der Waals surface area contributed by atoms with Gasteiger partial charge in [-0.25, -0.2) is 0 Å². The molecule has 0 atom stereocenters. The third kappa shape index (κ3) is 4.25. The Labute approximate surface area is 293 Å². The zero-order valence-corrected chi connectivity index (χ0v) is 27.6. The summed E-state index contributed by atoms with van der Waals surface area (Å²) >= 11 is 0. The maximum Gasteiger partial charge on any atom is 0.135 e. The molecule has 238 valence electrons. The number of furan rings is 1. The molecule has 0 amide bonds. The van der Waals surface area contributed by atoms with Gasteiger partial charge in [0.15, 0.2) is 0 Å². The van der Waals surface area contributed by atoms with Gasteiger partial charge in [-0.3, -0.25) is 0 Å². The molecule has 51 heavy (non-hydrogen) atoms. The van der Waals surface area contributed by atoms with Gasteiger partial charge >= 0.3 is 0 Å². The summed E-state index contributed by atoms with van der Waals surface area (Å²) in [6, 6.07) is 65.6. The van der Waals surface area contributed by atoms with Crippen molar-refractivity contribution < 1.29 is 4.42 Å². The van der Waals surface area contributed by atoms with Crippen molar-refractivity contribution in [2.45, 2.75) is 0 Å². The predicted octanol–water partition coefficient (Wildman–Crippen LogP) is 13.1. The Morgan fingerprint density at radius 2 is 0.824 bits per heavy atom. The van der Waals surface area contributed by atoms with E-state index in [1.807, 2.05) is 12.1 Å². The van der Waals surface area contributed by atoms with E-state index in [9.17, 15) is 0 Å². The molecule has 0 N–H and O–H groups in total. The third-order valence-corrected chi connectivity index (χ3v) is 10.5. The fraction of sp³-hybridized carbons (Fsp3) is 0. The first-order valence-electron chi connectivity index (χ1n) is 17.4. The number of aromatic nitrogens is 2. The number of hydrogen-bond donors (Lipinski definition) is 0. The van der Waals surface area contributed by atoms with Crippen LogP contribution in [0.1, 0.15) is 0 Å². The van der Waals surface area contributed by atoms with Crippen molar-refractivity contribution in [2.75, 3.05) is 0 Å². The van der Waals surface area contributed by atoms with Crippen LogP contribution in [0.3, 0.4) is 0 Å². The number of fused-ring (bicyclic) bond motifs is 9. The molecule has 3 nitrogen and oxygen atoms in total. The van der Waals surface area contributed by atoms with Crippen LogP contribution >= 0.6 is 0 Å². The van der Waals surface area contributed by atoms with E-state index in [1.54, 1.807) is 0 Å². The Hall–Kier alpha value is -6.84. The van der Waals surface area contributed by atoms with Gasteiger partial charge in [-0.2, -0.15) is 0 Å². The Morgan fingerprint density at radius 3 is 1.57 bits per heavy atom. The summed E-state index contributed by atoms with van der Waals surface area (Å²) in [4.78, 5) is 0. The average molecular weight is 651 g/mol. The zero-order chi connectivity index (χ0) is 33.5. The fourth-order valence-corrected chi connectivity index (χ4v) is 8.15. The molecule has 0 aliphatic rings. The summed E-state index contributed by atoms with van der Waals surface area (Å²) in [5, 5.41) is 7.29. The minimum Gasteiger partial charge on any atom is -0.456 e. The van der Waals surface area contributed by atoms with Crippen LogP contribution in [0, 0.1) is 0 Å². The fourth-order valence-electron chi connectivity index (χ4n) is 8.15. The van der Waals surface area contributed by atoms with Gasteiger partial charge in [-0.05, 0) is 89.0 Å². The second kappa shape index (κ2) is 10.8. The highest BCUT2D eigenvalue weighted by molar-refractivity contribution is 6.19. The maximum absolute atomic E-state index is 6.10. The molecular formula is C48H30N2O. The summed E-state index contributed by atoms with van der Waals surface area (Å²) in [6.07, 6.45) is 0. The predicted molar refractivity (Wildman–Crippen MR) is 213 cm³/mol. The summed E-state index contributed by atoms with van der Waals surface area (Å²) in [5.74, 6) is 0. The SMILES string of the molecule is c1ccc(-c2cccc(-n3c4ccccc4c4cc5c6ccccc6n(-c6ccc(-c7ccc8oc9ccccc9c8c7)cc6)c5cc43)c2)cc1. The lowest BCUT2D eigenvalue weighted by atomic mass is 10.0. The normalized spacial score (nSPS) is 11.9. The molecule has 8 aromatic carbocycles. The minimum absolute atomic E-state index is 0.914. The first kappa shape index (κ1) is 28.0. The van der Waals surface area contributed by atoms with Crippen molar-refractivity contribution in [3.05, 3.63) is 182 Å². The molecule has 3 heteroatoms. The summed E-state index contributed by atoms with van der Waals surface area (Å²) in [5.41, 5.74) is 13.7. The number of benzene rings is 8. The lowest BCUT2D eigenvalue weighted by Crippen LogP contribution is -1.96. The summed E-state index contributed by atoms with van der Waals surface area (Å²) in [7, 11) is 0. The molecule has 0 aliphatic heterocycles. The lowest BCUT2D eigenvalue weighted by molar-refractivity contribution is 0.669. The van der Waals surface area contributed by atoms with E-state index in [-0.39, 0.29) is 0 Å². The highest BCUT2D eigenvalue weighted by Crippen LogP contribution is 2.40. The van der Waals surface area contributed by atoms with Gasteiger partial charge in [-0.1, -0.05) is 115 Å².